The Bertz CT molecular complexity index is 1140. The minimum absolute atomic E-state index is 0.0287. The average Bonchev–Trinajstić information content (AvgIpc) is 2.78. The molecule has 164 valence electrons. The maximum atomic E-state index is 11.9. The van der Waals surface area contributed by atoms with Crippen LogP contribution in [0.25, 0.3) is 0 Å². The topological polar surface area (TPSA) is 93.8 Å². The van der Waals surface area contributed by atoms with Gasteiger partial charge in [0.05, 0.1) is 20.5 Å². The summed E-state index contributed by atoms with van der Waals surface area (Å²) in [6.07, 6.45) is 1.55. The molecule has 0 aliphatic rings. The van der Waals surface area contributed by atoms with E-state index in [-0.39, 0.29) is 24.0 Å². The molecule has 3 aromatic rings. The minimum Gasteiger partial charge on any atom is -0.488 e. The fraction of sp³-hybridized carbons (Fsp3) is 0.0909. The largest absolute Gasteiger partial charge is 0.488 e. The maximum Gasteiger partial charge on any atom is 0.269 e. The van der Waals surface area contributed by atoms with Crippen molar-refractivity contribution >= 4 is 63.8 Å². The van der Waals surface area contributed by atoms with E-state index in [0.29, 0.717) is 16.3 Å². The standard InChI is InChI=1S/C22H17ClIN3O4S/c23-17-5-7-19(8-6-17)32-14-22(28)26-25-12-15-4-9-21(20(24)11-15)31-13-16-2-1-3-18(10-16)27(29)30/h1-12H,13-14H2,(H,26,28)/b25-12-. The summed E-state index contributed by atoms with van der Waals surface area (Å²) < 4.78 is 6.63. The zero-order chi connectivity index (χ0) is 22.9. The quantitative estimate of drug-likeness (QED) is 0.115. The highest BCUT2D eigenvalue weighted by molar-refractivity contribution is 14.1. The Kier molecular flexibility index (Phi) is 8.89. The highest BCUT2D eigenvalue weighted by Crippen LogP contribution is 2.23. The molecule has 0 aromatic heterocycles. The zero-order valence-electron chi connectivity index (χ0n) is 16.5. The Morgan fingerprint density at radius 3 is 2.69 bits per heavy atom. The number of ether oxygens (including phenoxy) is 1. The van der Waals surface area contributed by atoms with Crippen molar-refractivity contribution in [3.05, 3.63) is 96.6 Å². The van der Waals surface area contributed by atoms with E-state index in [1.54, 1.807) is 36.5 Å². The molecule has 0 atom stereocenters. The van der Waals surface area contributed by atoms with Gasteiger partial charge >= 0.3 is 0 Å². The van der Waals surface area contributed by atoms with Gasteiger partial charge in [-0.05, 0) is 76.2 Å². The SMILES string of the molecule is O=C(CSc1ccc(Cl)cc1)N/N=C\c1ccc(OCc2cccc([N+](=O)[O-])c2)c(I)c1. The van der Waals surface area contributed by atoms with Gasteiger partial charge in [-0.2, -0.15) is 5.10 Å². The predicted octanol–water partition coefficient (Wildman–Crippen LogP) is 5.67. The second-order valence-corrected chi connectivity index (χ2v) is 9.09. The summed E-state index contributed by atoms with van der Waals surface area (Å²) >= 11 is 9.38. The van der Waals surface area contributed by atoms with Crippen molar-refractivity contribution in [2.24, 2.45) is 5.10 Å². The first kappa shape index (κ1) is 24.0. The number of nitrogens with one attached hydrogen (secondary N) is 1. The number of carbonyl (C=O) groups excluding carboxylic acids is 1. The number of nitro benzene ring substituents is 1. The third-order valence-corrected chi connectivity index (χ3v) is 6.17. The summed E-state index contributed by atoms with van der Waals surface area (Å²) in [6.45, 7) is 0.215. The molecule has 0 saturated heterocycles. The van der Waals surface area contributed by atoms with E-state index in [1.165, 1.54) is 23.9 Å². The maximum absolute atomic E-state index is 11.9. The molecule has 0 saturated carbocycles. The number of carbonyl (C=O) groups is 1. The molecule has 32 heavy (non-hydrogen) atoms. The lowest BCUT2D eigenvalue weighted by atomic mass is 10.2. The summed E-state index contributed by atoms with van der Waals surface area (Å²) in [5.74, 6) is 0.673. The van der Waals surface area contributed by atoms with Crippen LogP contribution in [0.4, 0.5) is 5.69 Å². The summed E-state index contributed by atoms with van der Waals surface area (Å²) in [5.41, 5.74) is 4.03. The highest BCUT2D eigenvalue weighted by Gasteiger charge is 2.08. The number of amides is 1. The number of hydrogen-bond acceptors (Lipinski definition) is 6. The van der Waals surface area contributed by atoms with Gasteiger partial charge in [0.15, 0.2) is 0 Å². The number of benzene rings is 3. The lowest BCUT2D eigenvalue weighted by Gasteiger charge is -2.09. The van der Waals surface area contributed by atoms with Crippen molar-refractivity contribution in [3.63, 3.8) is 0 Å². The molecule has 0 radical (unpaired) electrons. The smallest absolute Gasteiger partial charge is 0.269 e. The molecule has 0 aliphatic heterocycles. The number of hydrazone groups is 1. The summed E-state index contributed by atoms with van der Waals surface area (Å²) in [7, 11) is 0. The normalized spacial score (nSPS) is 10.8. The minimum atomic E-state index is -0.434. The zero-order valence-corrected chi connectivity index (χ0v) is 20.3. The number of rotatable bonds is 9. The predicted molar refractivity (Wildman–Crippen MR) is 135 cm³/mol. The van der Waals surface area contributed by atoms with Crippen molar-refractivity contribution < 1.29 is 14.5 Å². The van der Waals surface area contributed by atoms with E-state index in [1.807, 2.05) is 24.3 Å². The van der Waals surface area contributed by atoms with Crippen molar-refractivity contribution in [2.75, 3.05) is 5.75 Å². The van der Waals surface area contributed by atoms with Gasteiger partial charge < -0.3 is 4.74 Å². The molecule has 0 unspecified atom stereocenters. The molecular formula is C22H17ClIN3O4S. The molecule has 0 aliphatic carbocycles. The van der Waals surface area contributed by atoms with Gasteiger partial charge in [-0.25, -0.2) is 5.43 Å². The van der Waals surface area contributed by atoms with E-state index in [0.717, 1.165) is 14.0 Å². The molecule has 0 heterocycles. The molecule has 0 fully saturated rings. The third kappa shape index (κ3) is 7.50. The molecular weight excluding hydrogens is 565 g/mol. The van der Waals surface area contributed by atoms with Crippen LogP contribution in [0.2, 0.25) is 5.02 Å². The second-order valence-electron chi connectivity index (χ2n) is 6.44. The van der Waals surface area contributed by atoms with Gasteiger partial charge in [0.25, 0.3) is 5.69 Å². The lowest BCUT2D eigenvalue weighted by molar-refractivity contribution is -0.384. The molecule has 10 heteroatoms. The first-order valence-electron chi connectivity index (χ1n) is 9.26. The average molecular weight is 582 g/mol. The molecule has 1 amide bonds. The van der Waals surface area contributed by atoms with Crippen molar-refractivity contribution in [1.82, 2.24) is 5.43 Å². The van der Waals surface area contributed by atoms with E-state index in [4.69, 9.17) is 16.3 Å². The number of thioether (sulfide) groups is 1. The van der Waals surface area contributed by atoms with Crippen LogP contribution in [0.3, 0.4) is 0 Å². The Morgan fingerprint density at radius 1 is 1.19 bits per heavy atom. The van der Waals surface area contributed by atoms with Gasteiger partial charge in [0.2, 0.25) is 5.91 Å². The van der Waals surface area contributed by atoms with Crippen molar-refractivity contribution in [2.45, 2.75) is 11.5 Å². The van der Waals surface area contributed by atoms with E-state index >= 15 is 0 Å². The first-order chi connectivity index (χ1) is 15.4. The summed E-state index contributed by atoms with van der Waals surface area (Å²) in [4.78, 5) is 23.3. The van der Waals surface area contributed by atoms with Crippen LogP contribution < -0.4 is 10.2 Å². The molecule has 3 rings (SSSR count). The Morgan fingerprint density at radius 2 is 1.97 bits per heavy atom. The number of halogens is 2. The van der Waals surface area contributed by atoms with Crippen LogP contribution in [0.15, 0.2) is 76.7 Å². The number of nitro groups is 1. The van der Waals surface area contributed by atoms with E-state index in [9.17, 15) is 14.9 Å². The van der Waals surface area contributed by atoms with Crippen molar-refractivity contribution in [1.29, 1.82) is 0 Å². The van der Waals surface area contributed by atoms with E-state index < -0.39 is 4.92 Å². The lowest BCUT2D eigenvalue weighted by Crippen LogP contribution is -2.19. The number of non-ortho nitro benzene ring substituents is 1. The van der Waals surface area contributed by atoms with Crippen LogP contribution in [-0.2, 0) is 11.4 Å². The number of nitrogens with zero attached hydrogens (tertiary/aromatic N) is 2. The monoisotopic (exact) mass is 581 g/mol. The van der Waals surface area contributed by atoms with Gasteiger partial charge in [-0.3, -0.25) is 14.9 Å². The fourth-order valence-corrected chi connectivity index (χ4v) is 4.04. The van der Waals surface area contributed by atoms with Gasteiger partial charge in [0, 0.05) is 22.1 Å². The van der Waals surface area contributed by atoms with Crippen LogP contribution in [0, 0.1) is 13.7 Å². The molecule has 0 bridgehead atoms. The second kappa shape index (κ2) is 11.8. The van der Waals surface area contributed by atoms with Gasteiger partial charge in [-0.1, -0.05) is 23.7 Å². The fourth-order valence-electron chi connectivity index (χ4n) is 2.53. The summed E-state index contributed by atoms with van der Waals surface area (Å²) in [6, 6.07) is 19.1. The van der Waals surface area contributed by atoms with Crippen LogP contribution in [-0.4, -0.2) is 22.8 Å². The molecule has 0 spiro atoms. The highest BCUT2D eigenvalue weighted by atomic mass is 127. The van der Waals surface area contributed by atoms with Gasteiger partial charge in [0.1, 0.15) is 12.4 Å². The summed E-state index contributed by atoms with van der Waals surface area (Å²) in [5, 5.41) is 15.5. The third-order valence-electron chi connectivity index (χ3n) is 4.06. The Balaban J connectivity index is 1.49. The van der Waals surface area contributed by atoms with Crippen LogP contribution in [0.1, 0.15) is 11.1 Å². The van der Waals surface area contributed by atoms with Crippen LogP contribution in [0.5, 0.6) is 5.75 Å². The molecule has 3 aromatic carbocycles. The first-order valence-corrected chi connectivity index (χ1v) is 11.7. The Hall–Kier alpha value is -2.63. The molecule has 1 N–H and O–H groups in total. The molecule has 7 nitrogen and oxygen atoms in total. The van der Waals surface area contributed by atoms with Gasteiger partial charge in [-0.15, -0.1) is 11.8 Å². The Labute approximate surface area is 207 Å². The van der Waals surface area contributed by atoms with Crippen LogP contribution >= 0.6 is 46.0 Å². The van der Waals surface area contributed by atoms with Crippen molar-refractivity contribution in [3.8, 4) is 5.75 Å². The van der Waals surface area contributed by atoms with E-state index in [2.05, 4.69) is 33.1 Å². The number of hydrogen-bond donors (Lipinski definition) is 1.